The summed E-state index contributed by atoms with van der Waals surface area (Å²) in [6, 6.07) is 1.44. The lowest BCUT2D eigenvalue weighted by Gasteiger charge is -2.05. The van der Waals surface area contributed by atoms with Crippen LogP contribution in [0.15, 0.2) is 22.9 Å². The van der Waals surface area contributed by atoms with Crippen LogP contribution in [0.3, 0.4) is 0 Å². The molecular formula is C10H8BrFN4O. The number of halogens is 2. The number of pyridine rings is 1. The van der Waals surface area contributed by atoms with Crippen molar-refractivity contribution >= 4 is 27.5 Å². The minimum absolute atomic E-state index is 0.0124. The van der Waals surface area contributed by atoms with Crippen molar-refractivity contribution in [1.29, 1.82) is 0 Å². The van der Waals surface area contributed by atoms with Crippen molar-refractivity contribution in [2.75, 3.05) is 5.32 Å². The highest BCUT2D eigenvalue weighted by molar-refractivity contribution is 9.10. The van der Waals surface area contributed by atoms with Crippen molar-refractivity contribution < 1.29 is 9.18 Å². The number of hydrogen-bond acceptors (Lipinski definition) is 3. The number of amides is 1. The van der Waals surface area contributed by atoms with Gasteiger partial charge in [0.05, 0.1) is 11.9 Å². The van der Waals surface area contributed by atoms with E-state index in [1.165, 1.54) is 18.5 Å². The van der Waals surface area contributed by atoms with Gasteiger partial charge in [-0.1, -0.05) is 0 Å². The Morgan fingerprint density at radius 1 is 1.53 bits per heavy atom. The van der Waals surface area contributed by atoms with Gasteiger partial charge in [-0.3, -0.25) is 9.89 Å². The number of carbonyl (C=O) groups excluding carboxylic acids is 1. The molecule has 0 aliphatic carbocycles. The predicted octanol–water partition coefficient (Wildman–Crippen LogP) is 2.27. The highest BCUT2D eigenvalue weighted by Gasteiger charge is 2.13. The van der Waals surface area contributed by atoms with Gasteiger partial charge in [0.2, 0.25) is 5.95 Å². The standard InChI is InChI=1S/C10H8BrFN4O/c1-5-3-14-16-8(5)10(17)15-7-2-6(11)4-13-9(7)12/h2-4H,1H3,(H,14,16)(H,15,17). The molecule has 17 heavy (non-hydrogen) atoms. The van der Waals surface area contributed by atoms with E-state index in [1.807, 2.05) is 0 Å². The number of carbonyl (C=O) groups is 1. The first kappa shape index (κ1) is 11.7. The Labute approximate surface area is 105 Å². The van der Waals surface area contributed by atoms with Crippen LogP contribution < -0.4 is 5.32 Å². The molecule has 0 fully saturated rings. The largest absolute Gasteiger partial charge is 0.317 e. The van der Waals surface area contributed by atoms with Gasteiger partial charge in [-0.25, -0.2) is 4.98 Å². The highest BCUT2D eigenvalue weighted by atomic mass is 79.9. The van der Waals surface area contributed by atoms with E-state index in [4.69, 9.17) is 0 Å². The number of aromatic amines is 1. The molecule has 0 aromatic carbocycles. The molecule has 2 aromatic heterocycles. The number of nitrogens with zero attached hydrogens (tertiary/aromatic N) is 2. The van der Waals surface area contributed by atoms with E-state index < -0.39 is 11.9 Å². The fourth-order valence-corrected chi connectivity index (χ4v) is 1.60. The molecule has 1 amide bonds. The van der Waals surface area contributed by atoms with Gasteiger partial charge in [0, 0.05) is 10.7 Å². The third-order valence-electron chi connectivity index (χ3n) is 2.11. The van der Waals surface area contributed by atoms with Gasteiger partial charge in [-0.15, -0.1) is 0 Å². The SMILES string of the molecule is Cc1cn[nH]c1C(=O)Nc1cc(Br)cnc1F. The van der Waals surface area contributed by atoms with Gasteiger partial charge in [0.1, 0.15) is 5.69 Å². The van der Waals surface area contributed by atoms with Gasteiger partial charge < -0.3 is 5.32 Å². The van der Waals surface area contributed by atoms with Crippen LogP contribution in [0, 0.1) is 12.9 Å². The Morgan fingerprint density at radius 3 is 2.94 bits per heavy atom. The van der Waals surface area contributed by atoms with E-state index >= 15 is 0 Å². The first-order chi connectivity index (χ1) is 8.08. The van der Waals surface area contributed by atoms with Gasteiger partial charge in [0.15, 0.2) is 0 Å². The third kappa shape index (κ3) is 2.50. The third-order valence-corrected chi connectivity index (χ3v) is 2.54. The average molecular weight is 299 g/mol. The predicted molar refractivity (Wildman–Crippen MR) is 63.2 cm³/mol. The Hall–Kier alpha value is -1.76. The number of nitrogens with one attached hydrogen (secondary N) is 2. The summed E-state index contributed by atoms with van der Waals surface area (Å²) in [5.74, 6) is -1.20. The molecule has 0 saturated carbocycles. The van der Waals surface area contributed by atoms with E-state index in [2.05, 4.69) is 36.4 Å². The molecular weight excluding hydrogens is 291 g/mol. The molecule has 2 aromatic rings. The molecule has 0 aliphatic rings. The summed E-state index contributed by atoms with van der Waals surface area (Å²) >= 11 is 3.15. The minimum atomic E-state index is -0.737. The molecule has 7 heteroatoms. The topological polar surface area (TPSA) is 70.7 Å². The summed E-state index contributed by atoms with van der Waals surface area (Å²) in [5, 5.41) is 8.68. The Balaban J connectivity index is 2.24. The molecule has 0 atom stereocenters. The van der Waals surface area contributed by atoms with E-state index in [1.54, 1.807) is 6.92 Å². The van der Waals surface area contributed by atoms with Crippen LogP contribution in [-0.4, -0.2) is 21.1 Å². The van der Waals surface area contributed by atoms with Gasteiger partial charge in [-0.2, -0.15) is 9.49 Å². The maximum absolute atomic E-state index is 13.3. The highest BCUT2D eigenvalue weighted by Crippen LogP contribution is 2.18. The summed E-state index contributed by atoms with van der Waals surface area (Å²) in [5.41, 5.74) is 0.994. The van der Waals surface area contributed by atoms with E-state index in [9.17, 15) is 9.18 Å². The van der Waals surface area contributed by atoms with Crippen molar-refractivity contribution in [3.63, 3.8) is 0 Å². The van der Waals surface area contributed by atoms with Crippen LogP contribution in [0.4, 0.5) is 10.1 Å². The van der Waals surface area contributed by atoms with Crippen LogP contribution in [0.5, 0.6) is 0 Å². The minimum Gasteiger partial charge on any atom is -0.317 e. The zero-order valence-corrected chi connectivity index (χ0v) is 10.4. The Morgan fingerprint density at radius 2 is 2.29 bits per heavy atom. The molecule has 88 valence electrons. The first-order valence-electron chi connectivity index (χ1n) is 4.70. The van der Waals surface area contributed by atoms with Gasteiger partial charge >= 0.3 is 0 Å². The van der Waals surface area contributed by atoms with Crippen molar-refractivity contribution in [3.8, 4) is 0 Å². The maximum atomic E-state index is 13.3. The van der Waals surface area contributed by atoms with Crippen molar-refractivity contribution in [2.24, 2.45) is 0 Å². The van der Waals surface area contributed by atoms with Crippen molar-refractivity contribution in [2.45, 2.75) is 6.92 Å². The van der Waals surface area contributed by atoms with E-state index in [-0.39, 0.29) is 5.69 Å². The number of anilines is 1. The summed E-state index contributed by atoms with van der Waals surface area (Å²) in [6.07, 6.45) is 2.83. The lowest BCUT2D eigenvalue weighted by atomic mass is 10.2. The summed E-state index contributed by atoms with van der Waals surface area (Å²) in [7, 11) is 0. The monoisotopic (exact) mass is 298 g/mol. The molecule has 2 rings (SSSR count). The second kappa shape index (κ2) is 4.62. The van der Waals surface area contributed by atoms with Crippen LogP contribution >= 0.6 is 15.9 Å². The van der Waals surface area contributed by atoms with E-state index in [0.717, 1.165) is 0 Å². The summed E-state index contributed by atoms with van der Waals surface area (Å²) in [4.78, 5) is 15.2. The second-order valence-electron chi connectivity index (χ2n) is 3.37. The van der Waals surface area contributed by atoms with Crippen LogP contribution in [0.1, 0.15) is 16.1 Å². The van der Waals surface area contributed by atoms with Crippen LogP contribution in [0.2, 0.25) is 0 Å². The van der Waals surface area contributed by atoms with Crippen molar-refractivity contribution in [1.82, 2.24) is 15.2 Å². The average Bonchev–Trinajstić information content (AvgIpc) is 2.70. The second-order valence-corrected chi connectivity index (χ2v) is 4.29. The molecule has 0 radical (unpaired) electrons. The number of hydrogen-bond donors (Lipinski definition) is 2. The molecule has 0 unspecified atom stereocenters. The zero-order valence-electron chi connectivity index (χ0n) is 8.79. The normalized spacial score (nSPS) is 10.3. The number of aromatic nitrogens is 3. The number of H-pyrrole nitrogens is 1. The number of aryl methyl sites for hydroxylation is 1. The lowest BCUT2D eigenvalue weighted by Crippen LogP contribution is -2.15. The van der Waals surface area contributed by atoms with Crippen LogP contribution in [0.25, 0.3) is 0 Å². The lowest BCUT2D eigenvalue weighted by molar-refractivity contribution is 0.102. The smallest absolute Gasteiger partial charge is 0.274 e. The summed E-state index contributed by atoms with van der Waals surface area (Å²) in [6.45, 7) is 1.73. The van der Waals surface area contributed by atoms with E-state index in [0.29, 0.717) is 15.7 Å². The molecule has 0 spiro atoms. The fraction of sp³-hybridized carbons (Fsp3) is 0.100. The number of rotatable bonds is 2. The fourth-order valence-electron chi connectivity index (χ4n) is 1.27. The summed E-state index contributed by atoms with van der Waals surface area (Å²) < 4.78 is 13.9. The molecule has 2 N–H and O–H groups in total. The van der Waals surface area contributed by atoms with Crippen molar-refractivity contribution in [3.05, 3.63) is 40.1 Å². The molecule has 0 bridgehead atoms. The molecule has 2 heterocycles. The molecule has 5 nitrogen and oxygen atoms in total. The molecule has 0 saturated heterocycles. The Kier molecular flexibility index (Phi) is 3.19. The van der Waals surface area contributed by atoms with Gasteiger partial charge in [-0.05, 0) is 34.5 Å². The quantitative estimate of drug-likeness (QED) is 0.836. The van der Waals surface area contributed by atoms with Crippen LogP contribution in [-0.2, 0) is 0 Å². The maximum Gasteiger partial charge on any atom is 0.274 e. The zero-order chi connectivity index (χ0) is 12.4. The van der Waals surface area contributed by atoms with Gasteiger partial charge in [0.25, 0.3) is 5.91 Å². The molecule has 0 aliphatic heterocycles. The Bertz CT molecular complexity index is 569. The first-order valence-corrected chi connectivity index (χ1v) is 5.49.